The summed E-state index contributed by atoms with van der Waals surface area (Å²) in [6.07, 6.45) is 4.04. The Balaban J connectivity index is 2.45. The Morgan fingerprint density at radius 2 is 2.50 bits per heavy atom. The first-order chi connectivity index (χ1) is 4.66. The van der Waals surface area contributed by atoms with E-state index in [1.807, 2.05) is 0 Å². The van der Waals surface area contributed by atoms with E-state index >= 15 is 0 Å². The third-order valence-electron chi connectivity index (χ3n) is 2.10. The first-order valence-electron chi connectivity index (χ1n) is 3.72. The Labute approximate surface area is 61.1 Å². The van der Waals surface area contributed by atoms with E-state index < -0.39 is 5.67 Å². The number of nitrogens with two attached hydrogens (primary N) is 1. The van der Waals surface area contributed by atoms with E-state index in [-0.39, 0.29) is 6.04 Å². The third-order valence-corrected chi connectivity index (χ3v) is 2.10. The van der Waals surface area contributed by atoms with Crippen molar-refractivity contribution in [3.8, 4) is 0 Å². The van der Waals surface area contributed by atoms with Gasteiger partial charge in [0, 0.05) is 6.04 Å². The average Bonchev–Trinajstić information content (AvgIpc) is 2.12. The molecule has 58 valence electrons. The van der Waals surface area contributed by atoms with E-state index in [1.54, 1.807) is 6.08 Å². The summed E-state index contributed by atoms with van der Waals surface area (Å²) in [5, 5.41) is 0. The highest BCUT2D eigenvalue weighted by Crippen LogP contribution is 2.35. The fourth-order valence-corrected chi connectivity index (χ4v) is 1.56. The quantitative estimate of drug-likeness (QED) is 0.586. The zero-order chi connectivity index (χ0) is 7.61. The van der Waals surface area contributed by atoms with Gasteiger partial charge in [0.25, 0.3) is 0 Å². The Kier molecular flexibility index (Phi) is 2.09. The summed E-state index contributed by atoms with van der Waals surface area (Å²) in [4.78, 5) is 0. The number of hydrogen-bond acceptors (Lipinski definition) is 1. The van der Waals surface area contributed by atoms with Crippen LogP contribution in [-0.4, -0.2) is 11.7 Å². The molecule has 2 heteroatoms. The van der Waals surface area contributed by atoms with Crippen molar-refractivity contribution in [2.75, 3.05) is 0 Å². The Hall–Kier alpha value is -0.370. The molecule has 1 fully saturated rings. The lowest BCUT2D eigenvalue weighted by molar-refractivity contribution is 0.175. The van der Waals surface area contributed by atoms with E-state index in [1.165, 1.54) is 0 Å². The van der Waals surface area contributed by atoms with Crippen molar-refractivity contribution in [3.63, 3.8) is 0 Å². The molecule has 0 aromatic carbocycles. The molecule has 0 saturated heterocycles. The fraction of sp³-hybridized carbons (Fsp3) is 0.750. The largest absolute Gasteiger partial charge is 0.328 e. The first-order valence-corrected chi connectivity index (χ1v) is 3.72. The molecule has 2 N–H and O–H groups in total. The lowest BCUT2D eigenvalue weighted by Gasteiger charge is -2.15. The van der Waals surface area contributed by atoms with E-state index in [9.17, 15) is 4.39 Å². The summed E-state index contributed by atoms with van der Waals surface area (Å²) in [5.41, 5.74) is 4.54. The molecule has 10 heavy (non-hydrogen) atoms. The number of alkyl halides is 1. The molecule has 0 amide bonds. The molecule has 0 heterocycles. The summed E-state index contributed by atoms with van der Waals surface area (Å²) in [6.45, 7) is 3.51. The molecule has 1 nitrogen and oxygen atoms in total. The standard InChI is InChI=1S/C8H14FN/c1-2-4-8(9)5-3-7(10)6-8/h2,7H,1,3-6,10H2. The monoisotopic (exact) mass is 143 g/mol. The van der Waals surface area contributed by atoms with Crippen molar-refractivity contribution in [1.29, 1.82) is 0 Å². The zero-order valence-corrected chi connectivity index (χ0v) is 6.15. The first kappa shape index (κ1) is 7.73. The van der Waals surface area contributed by atoms with Gasteiger partial charge in [-0.25, -0.2) is 4.39 Å². The zero-order valence-electron chi connectivity index (χ0n) is 6.15. The Morgan fingerprint density at radius 3 is 2.90 bits per heavy atom. The number of hydrogen-bond donors (Lipinski definition) is 1. The van der Waals surface area contributed by atoms with Crippen LogP contribution >= 0.6 is 0 Å². The molecule has 0 aromatic rings. The van der Waals surface area contributed by atoms with Crippen molar-refractivity contribution < 1.29 is 4.39 Å². The van der Waals surface area contributed by atoms with Gasteiger partial charge in [-0.1, -0.05) is 6.08 Å². The van der Waals surface area contributed by atoms with Crippen LogP contribution in [0.3, 0.4) is 0 Å². The normalized spacial score (nSPS) is 40.0. The maximum Gasteiger partial charge on any atom is 0.116 e. The lowest BCUT2D eigenvalue weighted by Crippen LogP contribution is -2.22. The van der Waals surface area contributed by atoms with E-state index in [0.717, 1.165) is 6.42 Å². The molecular weight excluding hydrogens is 129 g/mol. The van der Waals surface area contributed by atoms with Crippen LogP contribution in [0.4, 0.5) is 4.39 Å². The smallest absolute Gasteiger partial charge is 0.116 e. The second-order valence-corrected chi connectivity index (χ2v) is 3.15. The van der Waals surface area contributed by atoms with Gasteiger partial charge in [0.1, 0.15) is 5.67 Å². The lowest BCUT2D eigenvalue weighted by atomic mass is 10.0. The van der Waals surface area contributed by atoms with Crippen molar-refractivity contribution in [2.45, 2.75) is 37.4 Å². The number of allylic oxidation sites excluding steroid dienone is 1. The molecule has 2 atom stereocenters. The average molecular weight is 143 g/mol. The highest BCUT2D eigenvalue weighted by molar-refractivity contribution is 4.95. The van der Waals surface area contributed by atoms with Gasteiger partial charge in [0.15, 0.2) is 0 Å². The van der Waals surface area contributed by atoms with Gasteiger partial charge < -0.3 is 5.73 Å². The minimum atomic E-state index is -1.03. The molecule has 0 spiro atoms. The summed E-state index contributed by atoms with van der Waals surface area (Å²) in [6, 6.07) is 0.0740. The molecule has 0 radical (unpaired) electrons. The summed E-state index contributed by atoms with van der Waals surface area (Å²) in [5.74, 6) is 0. The van der Waals surface area contributed by atoms with Crippen LogP contribution in [0.5, 0.6) is 0 Å². The molecule has 0 aromatic heterocycles. The molecule has 1 saturated carbocycles. The van der Waals surface area contributed by atoms with Crippen LogP contribution in [0.25, 0.3) is 0 Å². The van der Waals surface area contributed by atoms with Crippen molar-refractivity contribution in [2.24, 2.45) is 5.73 Å². The molecule has 1 aliphatic carbocycles. The van der Waals surface area contributed by atoms with E-state index in [4.69, 9.17) is 5.73 Å². The third kappa shape index (κ3) is 1.57. The van der Waals surface area contributed by atoms with Crippen LogP contribution in [0, 0.1) is 0 Å². The van der Waals surface area contributed by atoms with Crippen molar-refractivity contribution in [1.82, 2.24) is 0 Å². The van der Waals surface area contributed by atoms with Crippen LogP contribution in [0.2, 0.25) is 0 Å². The predicted molar refractivity (Wildman–Crippen MR) is 40.5 cm³/mol. The predicted octanol–water partition coefficient (Wildman–Crippen LogP) is 1.78. The molecule has 1 rings (SSSR count). The van der Waals surface area contributed by atoms with Crippen molar-refractivity contribution in [3.05, 3.63) is 12.7 Å². The summed E-state index contributed by atoms with van der Waals surface area (Å²) >= 11 is 0. The van der Waals surface area contributed by atoms with E-state index in [0.29, 0.717) is 19.3 Å². The Bertz CT molecular complexity index is 135. The topological polar surface area (TPSA) is 26.0 Å². The highest BCUT2D eigenvalue weighted by atomic mass is 19.1. The van der Waals surface area contributed by atoms with Crippen LogP contribution in [0.1, 0.15) is 25.7 Å². The van der Waals surface area contributed by atoms with Crippen LogP contribution in [-0.2, 0) is 0 Å². The number of rotatable bonds is 2. The minimum absolute atomic E-state index is 0.0740. The highest BCUT2D eigenvalue weighted by Gasteiger charge is 2.36. The minimum Gasteiger partial charge on any atom is -0.328 e. The Morgan fingerprint density at radius 1 is 1.80 bits per heavy atom. The second kappa shape index (κ2) is 2.70. The SMILES string of the molecule is C=CCC1(F)CCC(N)C1. The van der Waals surface area contributed by atoms with Crippen LogP contribution < -0.4 is 5.73 Å². The van der Waals surface area contributed by atoms with Crippen molar-refractivity contribution >= 4 is 0 Å². The van der Waals surface area contributed by atoms with Gasteiger partial charge in [-0.3, -0.25) is 0 Å². The molecule has 0 aliphatic heterocycles. The van der Waals surface area contributed by atoms with Gasteiger partial charge in [-0.05, 0) is 25.7 Å². The molecule has 2 unspecified atom stereocenters. The summed E-state index contributed by atoms with van der Waals surface area (Å²) < 4.78 is 13.4. The maximum absolute atomic E-state index is 13.4. The van der Waals surface area contributed by atoms with Gasteiger partial charge >= 0.3 is 0 Å². The maximum atomic E-state index is 13.4. The van der Waals surface area contributed by atoms with Gasteiger partial charge in [-0.15, -0.1) is 6.58 Å². The fourth-order valence-electron chi connectivity index (χ4n) is 1.56. The number of halogens is 1. The molecular formula is C8H14FN. The van der Waals surface area contributed by atoms with Gasteiger partial charge in [0.2, 0.25) is 0 Å². The van der Waals surface area contributed by atoms with E-state index in [2.05, 4.69) is 6.58 Å². The molecule has 0 bridgehead atoms. The van der Waals surface area contributed by atoms with Gasteiger partial charge in [-0.2, -0.15) is 0 Å². The van der Waals surface area contributed by atoms with Gasteiger partial charge in [0.05, 0.1) is 0 Å². The van der Waals surface area contributed by atoms with Crippen LogP contribution in [0.15, 0.2) is 12.7 Å². The molecule has 1 aliphatic rings. The summed E-state index contributed by atoms with van der Waals surface area (Å²) in [7, 11) is 0. The second-order valence-electron chi connectivity index (χ2n) is 3.15.